The van der Waals surface area contributed by atoms with Gasteiger partial charge in [-0.1, -0.05) is 122 Å². The number of allylic oxidation sites excluding steroid dienone is 1. The fourth-order valence-electron chi connectivity index (χ4n) is 4.87. The molecule has 0 aromatic carbocycles. The first-order valence-corrected chi connectivity index (χ1v) is 14.4. The number of hydrogen-bond donors (Lipinski definition) is 3. The molecule has 0 heterocycles. The Labute approximate surface area is 207 Å². The van der Waals surface area contributed by atoms with Crippen molar-refractivity contribution in [3.05, 3.63) is 36.8 Å². The number of hydrogen-bond acceptors (Lipinski definition) is 3. The van der Waals surface area contributed by atoms with E-state index in [4.69, 9.17) is 0 Å². The Balaban J connectivity index is 1.72. The summed E-state index contributed by atoms with van der Waals surface area (Å²) in [6, 6.07) is 0.717. The lowest BCUT2D eigenvalue weighted by atomic mass is 9.95. The zero-order valence-corrected chi connectivity index (χ0v) is 22.3. The third kappa shape index (κ3) is 17.7. The third-order valence-corrected chi connectivity index (χ3v) is 7.17. The van der Waals surface area contributed by atoms with Crippen LogP contribution < -0.4 is 16.0 Å². The quantitative estimate of drug-likeness (QED) is 0.106. The molecule has 1 saturated carbocycles. The van der Waals surface area contributed by atoms with Gasteiger partial charge in [0.25, 0.3) is 0 Å². The molecular formula is C30H57N3. The molecule has 0 radical (unpaired) electrons. The maximum atomic E-state index is 4.25. The van der Waals surface area contributed by atoms with Crippen molar-refractivity contribution in [2.75, 3.05) is 13.6 Å². The van der Waals surface area contributed by atoms with Crippen LogP contribution in [0.5, 0.6) is 0 Å². The van der Waals surface area contributed by atoms with E-state index >= 15 is 0 Å². The van der Waals surface area contributed by atoms with Crippen molar-refractivity contribution in [2.45, 2.75) is 141 Å². The van der Waals surface area contributed by atoms with Gasteiger partial charge in [-0.15, -0.1) is 0 Å². The largest absolute Gasteiger partial charge is 0.387 e. The Bertz CT molecular complexity index is 505. The summed E-state index contributed by atoms with van der Waals surface area (Å²) in [4.78, 5) is 0. The second-order valence-electron chi connectivity index (χ2n) is 10.3. The van der Waals surface area contributed by atoms with Crippen LogP contribution in [0.3, 0.4) is 0 Å². The van der Waals surface area contributed by atoms with Gasteiger partial charge < -0.3 is 16.0 Å². The number of nitrogens with one attached hydrogen (secondary N) is 3. The number of rotatable bonds is 23. The zero-order chi connectivity index (χ0) is 24.0. The van der Waals surface area contributed by atoms with E-state index in [0.717, 1.165) is 24.0 Å². The van der Waals surface area contributed by atoms with Gasteiger partial charge in [-0.25, -0.2) is 0 Å². The van der Waals surface area contributed by atoms with Crippen molar-refractivity contribution in [2.24, 2.45) is 0 Å². The second kappa shape index (κ2) is 21.2. The molecule has 0 aromatic rings. The molecule has 33 heavy (non-hydrogen) atoms. The van der Waals surface area contributed by atoms with Crippen LogP contribution in [-0.2, 0) is 0 Å². The van der Waals surface area contributed by atoms with Crippen LogP contribution in [0.4, 0.5) is 0 Å². The van der Waals surface area contributed by atoms with E-state index in [2.05, 4.69) is 35.7 Å². The first-order chi connectivity index (χ1) is 16.1. The zero-order valence-electron chi connectivity index (χ0n) is 22.3. The van der Waals surface area contributed by atoms with Crippen LogP contribution in [-0.4, -0.2) is 19.6 Å². The molecule has 1 aliphatic carbocycles. The number of likely N-dealkylation sites (N-methyl/N-ethyl adjacent to an activating group) is 1. The standard InChI is InChI=1S/C30H57N3/c1-27(33-30-24-20-18-21-25-30)23-19-16-14-12-10-8-6-5-7-9-11-13-15-17-22-26-32-29(3)28(2)31-4/h30-33H,1-3,5-26H2,4H3. The van der Waals surface area contributed by atoms with Crippen molar-refractivity contribution in [3.63, 3.8) is 0 Å². The van der Waals surface area contributed by atoms with Crippen LogP contribution in [0.2, 0.25) is 0 Å². The fraction of sp³-hybridized carbons (Fsp3) is 0.800. The third-order valence-electron chi connectivity index (χ3n) is 7.17. The molecule has 1 fully saturated rings. The molecular weight excluding hydrogens is 402 g/mol. The van der Waals surface area contributed by atoms with Gasteiger partial charge in [0.05, 0.1) is 0 Å². The van der Waals surface area contributed by atoms with Gasteiger partial charge in [-0.05, 0) is 32.1 Å². The predicted molar refractivity (Wildman–Crippen MR) is 148 cm³/mol. The summed E-state index contributed by atoms with van der Waals surface area (Å²) < 4.78 is 0. The SMILES string of the molecule is C=C(CCCCCCCCCCCCCCCCCNC(=C)C(=C)NC)NC1CCCCC1. The molecule has 0 amide bonds. The molecule has 0 saturated heterocycles. The Hall–Kier alpha value is -1.38. The van der Waals surface area contributed by atoms with E-state index in [0.29, 0.717) is 0 Å². The molecule has 0 spiro atoms. The topological polar surface area (TPSA) is 36.1 Å². The highest BCUT2D eigenvalue weighted by Gasteiger charge is 2.12. The molecule has 0 bridgehead atoms. The van der Waals surface area contributed by atoms with Gasteiger partial charge in [0.2, 0.25) is 0 Å². The predicted octanol–water partition coefficient (Wildman–Crippen LogP) is 8.50. The maximum Gasteiger partial charge on any atom is 0.0496 e. The molecule has 0 atom stereocenters. The lowest BCUT2D eigenvalue weighted by molar-refractivity contribution is 0.391. The lowest BCUT2D eigenvalue weighted by Crippen LogP contribution is -2.29. The van der Waals surface area contributed by atoms with Gasteiger partial charge in [0, 0.05) is 36.7 Å². The van der Waals surface area contributed by atoms with Gasteiger partial charge >= 0.3 is 0 Å². The van der Waals surface area contributed by atoms with Crippen LogP contribution in [0.1, 0.15) is 135 Å². The highest BCUT2D eigenvalue weighted by atomic mass is 14.9. The molecule has 3 heteroatoms. The summed E-state index contributed by atoms with van der Waals surface area (Å²) in [5, 5.41) is 10.0. The lowest BCUT2D eigenvalue weighted by Gasteiger charge is -2.24. The first kappa shape index (κ1) is 29.7. The normalized spacial score (nSPS) is 14.1. The van der Waals surface area contributed by atoms with Crippen LogP contribution >= 0.6 is 0 Å². The minimum Gasteiger partial charge on any atom is -0.387 e. The monoisotopic (exact) mass is 459 g/mol. The van der Waals surface area contributed by atoms with E-state index in [1.165, 1.54) is 141 Å². The molecule has 1 rings (SSSR count). The molecule has 0 unspecified atom stereocenters. The Morgan fingerprint density at radius 3 is 1.55 bits per heavy atom. The van der Waals surface area contributed by atoms with E-state index in [9.17, 15) is 0 Å². The molecule has 3 nitrogen and oxygen atoms in total. The van der Waals surface area contributed by atoms with E-state index < -0.39 is 0 Å². The molecule has 0 aliphatic heterocycles. The summed E-state index contributed by atoms with van der Waals surface area (Å²) >= 11 is 0. The van der Waals surface area contributed by atoms with Gasteiger partial charge in [0.1, 0.15) is 0 Å². The Morgan fingerprint density at radius 2 is 1.06 bits per heavy atom. The van der Waals surface area contributed by atoms with E-state index in [-0.39, 0.29) is 0 Å². The minimum atomic E-state index is 0.717. The number of unbranched alkanes of at least 4 members (excludes halogenated alkanes) is 14. The van der Waals surface area contributed by atoms with Crippen molar-refractivity contribution in [1.82, 2.24) is 16.0 Å². The van der Waals surface area contributed by atoms with Gasteiger partial charge in [-0.2, -0.15) is 0 Å². The minimum absolute atomic E-state index is 0.717. The van der Waals surface area contributed by atoms with Crippen LogP contribution in [0, 0.1) is 0 Å². The Morgan fingerprint density at radius 1 is 0.606 bits per heavy atom. The summed E-state index contributed by atoms with van der Waals surface area (Å²) in [5.74, 6) is 0. The summed E-state index contributed by atoms with van der Waals surface area (Å²) in [5.41, 5.74) is 3.09. The smallest absolute Gasteiger partial charge is 0.0496 e. The van der Waals surface area contributed by atoms with Crippen molar-refractivity contribution in [1.29, 1.82) is 0 Å². The van der Waals surface area contributed by atoms with Gasteiger partial charge in [0.15, 0.2) is 0 Å². The molecule has 0 aromatic heterocycles. The molecule has 1 aliphatic rings. The summed E-state index contributed by atoms with van der Waals surface area (Å²) in [6.07, 6.45) is 29.0. The average molecular weight is 460 g/mol. The average Bonchev–Trinajstić information content (AvgIpc) is 2.83. The molecule has 192 valence electrons. The Kier molecular flexibility index (Phi) is 19.0. The summed E-state index contributed by atoms with van der Waals surface area (Å²) in [7, 11) is 1.88. The van der Waals surface area contributed by atoms with Crippen LogP contribution in [0.15, 0.2) is 36.8 Å². The van der Waals surface area contributed by atoms with E-state index in [1.807, 2.05) is 7.05 Å². The van der Waals surface area contributed by atoms with E-state index in [1.54, 1.807) is 0 Å². The van der Waals surface area contributed by atoms with Crippen LogP contribution in [0.25, 0.3) is 0 Å². The summed E-state index contributed by atoms with van der Waals surface area (Å²) in [6.45, 7) is 13.1. The maximum absolute atomic E-state index is 4.25. The van der Waals surface area contributed by atoms with Crippen molar-refractivity contribution >= 4 is 0 Å². The van der Waals surface area contributed by atoms with Crippen molar-refractivity contribution in [3.8, 4) is 0 Å². The molecule has 3 N–H and O–H groups in total. The first-order valence-electron chi connectivity index (χ1n) is 14.4. The highest BCUT2D eigenvalue weighted by molar-refractivity contribution is 5.20. The van der Waals surface area contributed by atoms with Gasteiger partial charge in [-0.3, -0.25) is 0 Å². The fourth-order valence-corrected chi connectivity index (χ4v) is 4.87. The second-order valence-corrected chi connectivity index (χ2v) is 10.3. The van der Waals surface area contributed by atoms with Crippen molar-refractivity contribution < 1.29 is 0 Å². The highest BCUT2D eigenvalue weighted by Crippen LogP contribution is 2.19.